The molecule has 146 valence electrons. The minimum atomic E-state index is -0.186. The van der Waals surface area contributed by atoms with Crippen molar-refractivity contribution in [3.8, 4) is 0 Å². The van der Waals surface area contributed by atoms with Crippen molar-refractivity contribution in [2.45, 2.75) is 20.8 Å². The molecule has 28 heavy (non-hydrogen) atoms. The Balaban J connectivity index is 1.76. The van der Waals surface area contributed by atoms with E-state index < -0.39 is 0 Å². The number of benzene rings is 1. The Hall–Kier alpha value is -3.29. The number of rotatable bonds is 4. The molecule has 0 bridgehead atoms. The lowest BCUT2D eigenvalue weighted by atomic mass is 10.1. The van der Waals surface area contributed by atoms with Crippen LogP contribution in [0.4, 0.5) is 11.6 Å². The zero-order chi connectivity index (χ0) is 20.3. The van der Waals surface area contributed by atoms with Crippen molar-refractivity contribution in [2.24, 2.45) is 0 Å². The third kappa shape index (κ3) is 4.51. The fourth-order valence-electron chi connectivity index (χ4n) is 3.07. The first-order valence-electron chi connectivity index (χ1n) is 9.12. The van der Waals surface area contributed by atoms with Gasteiger partial charge in [-0.15, -0.1) is 0 Å². The summed E-state index contributed by atoms with van der Waals surface area (Å²) in [5.74, 6) is 0.0966. The van der Waals surface area contributed by atoms with Crippen LogP contribution in [0.5, 0.6) is 0 Å². The molecule has 1 N–H and O–H groups in total. The number of ketones is 1. The van der Waals surface area contributed by atoms with Gasteiger partial charge in [-0.2, -0.15) is 0 Å². The standard InChI is InChI=1S/C20H23N5O3/c1-13-11-18(19(28)25-9-7-24(8-10-25)15(3)27)23-20(21-13)22-17-6-4-5-16(12-17)14(2)26/h4-6,11-12H,7-10H2,1-3H3,(H,21,22,23). The van der Waals surface area contributed by atoms with Crippen LogP contribution in [0, 0.1) is 6.92 Å². The van der Waals surface area contributed by atoms with Crippen molar-refractivity contribution in [1.29, 1.82) is 0 Å². The Morgan fingerprint density at radius 2 is 1.64 bits per heavy atom. The predicted molar refractivity (Wildman–Crippen MR) is 105 cm³/mol. The monoisotopic (exact) mass is 381 g/mol. The Kier molecular flexibility index (Phi) is 5.67. The molecule has 8 nitrogen and oxygen atoms in total. The summed E-state index contributed by atoms with van der Waals surface area (Å²) < 4.78 is 0. The van der Waals surface area contributed by atoms with Gasteiger partial charge in [0.1, 0.15) is 5.69 Å². The summed E-state index contributed by atoms with van der Waals surface area (Å²) in [5, 5.41) is 3.06. The number of piperazine rings is 1. The Morgan fingerprint density at radius 1 is 0.964 bits per heavy atom. The van der Waals surface area contributed by atoms with Gasteiger partial charge in [-0.05, 0) is 32.0 Å². The van der Waals surface area contributed by atoms with Gasteiger partial charge in [-0.25, -0.2) is 9.97 Å². The molecule has 8 heteroatoms. The molecule has 0 aliphatic carbocycles. The maximum Gasteiger partial charge on any atom is 0.272 e. The minimum absolute atomic E-state index is 0.0178. The van der Waals surface area contributed by atoms with Gasteiger partial charge in [0.05, 0.1) is 0 Å². The topological polar surface area (TPSA) is 95.5 Å². The summed E-state index contributed by atoms with van der Waals surface area (Å²) in [4.78, 5) is 47.9. The molecule has 0 saturated carbocycles. The maximum atomic E-state index is 12.8. The highest BCUT2D eigenvalue weighted by Gasteiger charge is 2.24. The van der Waals surface area contributed by atoms with Crippen molar-refractivity contribution < 1.29 is 14.4 Å². The Bertz CT molecular complexity index is 920. The molecule has 1 aliphatic heterocycles. The van der Waals surface area contributed by atoms with E-state index in [1.807, 2.05) is 0 Å². The molecule has 0 atom stereocenters. The van der Waals surface area contributed by atoms with Crippen LogP contribution in [0.2, 0.25) is 0 Å². The lowest BCUT2D eigenvalue weighted by Crippen LogP contribution is -2.50. The van der Waals surface area contributed by atoms with Gasteiger partial charge in [0, 0.05) is 50.0 Å². The van der Waals surface area contributed by atoms with Crippen LogP contribution in [0.15, 0.2) is 30.3 Å². The first-order chi connectivity index (χ1) is 13.3. The minimum Gasteiger partial charge on any atom is -0.339 e. The molecular weight excluding hydrogens is 358 g/mol. The predicted octanol–water partition coefficient (Wildman–Crippen LogP) is 2.04. The van der Waals surface area contributed by atoms with Crippen LogP contribution in [-0.4, -0.2) is 63.5 Å². The number of amides is 2. The summed E-state index contributed by atoms with van der Waals surface area (Å²) >= 11 is 0. The summed E-state index contributed by atoms with van der Waals surface area (Å²) in [6.07, 6.45) is 0. The number of anilines is 2. The van der Waals surface area contributed by atoms with E-state index in [4.69, 9.17) is 0 Å². The smallest absolute Gasteiger partial charge is 0.272 e. The number of hydrogen-bond donors (Lipinski definition) is 1. The van der Waals surface area contributed by atoms with Crippen molar-refractivity contribution in [2.75, 3.05) is 31.5 Å². The first kappa shape index (κ1) is 19.5. The highest BCUT2D eigenvalue weighted by molar-refractivity contribution is 5.95. The van der Waals surface area contributed by atoms with Crippen LogP contribution in [0.3, 0.4) is 0 Å². The molecule has 0 spiro atoms. The van der Waals surface area contributed by atoms with E-state index in [0.29, 0.717) is 54.8 Å². The number of aryl methyl sites for hydroxylation is 1. The van der Waals surface area contributed by atoms with E-state index >= 15 is 0 Å². The number of nitrogens with zero attached hydrogens (tertiary/aromatic N) is 4. The molecule has 1 fully saturated rings. The van der Waals surface area contributed by atoms with Gasteiger partial charge in [-0.1, -0.05) is 12.1 Å². The van der Waals surface area contributed by atoms with Crippen LogP contribution in [0.1, 0.15) is 40.4 Å². The van der Waals surface area contributed by atoms with Crippen molar-refractivity contribution >= 4 is 29.2 Å². The second kappa shape index (κ2) is 8.16. The number of aromatic nitrogens is 2. The molecule has 2 heterocycles. The van der Waals surface area contributed by atoms with Crippen LogP contribution < -0.4 is 5.32 Å². The molecule has 1 aromatic heterocycles. The summed E-state index contributed by atoms with van der Waals surface area (Å²) in [6, 6.07) is 8.68. The normalized spacial score (nSPS) is 14.0. The lowest BCUT2D eigenvalue weighted by molar-refractivity contribution is -0.130. The average molecular weight is 381 g/mol. The van der Waals surface area contributed by atoms with Gasteiger partial charge < -0.3 is 15.1 Å². The fourth-order valence-corrected chi connectivity index (χ4v) is 3.07. The zero-order valence-electron chi connectivity index (χ0n) is 16.2. The van der Waals surface area contributed by atoms with E-state index in [0.717, 1.165) is 0 Å². The molecular formula is C20H23N5O3. The van der Waals surface area contributed by atoms with Crippen molar-refractivity contribution in [3.05, 3.63) is 47.3 Å². The molecule has 3 rings (SSSR count). The summed E-state index contributed by atoms with van der Waals surface area (Å²) in [5.41, 5.74) is 2.21. The third-order valence-electron chi connectivity index (χ3n) is 4.61. The highest BCUT2D eigenvalue weighted by Crippen LogP contribution is 2.17. The van der Waals surface area contributed by atoms with E-state index in [1.165, 1.54) is 13.8 Å². The maximum absolute atomic E-state index is 12.8. The van der Waals surface area contributed by atoms with Crippen molar-refractivity contribution in [1.82, 2.24) is 19.8 Å². The second-order valence-corrected chi connectivity index (χ2v) is 6.78. The van der Waals surface area contributed by atoms with E-state index in [9.17, 15) is 14.4 Å². The number of carbonyl (C=O) groups is 3. The Morgan fingerprint density at radius 3 is 2.29 bits per heavy atom. The van der Waals surface area contributed by atoms with Crippen LogP contribution in [-0.2, 0) is 4.79 Å². The number of carbonyl (C=O) groups excluding carboxylic acids is 3. The number of Topliss-reactive ketones (excluding diaryl/α,β-unsaturated/α-hetero) is 1. The van der Waals surface area contributed by atoms with Gasteiger partial charge in [0.25, 0.3) is 5.91 Å². The molecule has 2 amide bonds. The molecule has 1 aliphatic rings. The van der Waals surface area contributed by atoms with Gasteiger partial charge >= 0.3 is 0 Å². The van der Waals surface area contributed by atoms with E-state index in [2.05, 4.69) is 15.3 Å². The average Bonchev–Trinajstić information content (AvgIpc) is 2.67. The number of nitrogens with one attached hydrogen (secondary N) is 1. The van der Waals surface area contributed by atoms with Gasteiger partial charge in [-0.3, -0.25) is 14.4 Å². The van der Waals surface area contributed by atoms with Crippen molar-refractivity contribution in [3.63, 3.8) is 0 Å². The molecule has 0 unspecified atom stereocenters. The quantitative estimate of drug-likeness (QED) is 0.815. The van der Waals surface area contributed by atoms with E-state index in [-0.39, 0.29) is 17.6 Å². The Labute approximate surface area is 163 Å². The lowest BCUT2D eigenvalue weighted by Gasteiger charge is -2.34. The van der Waals surface area contributed by atoms with Gasteiger partial charge in [0.2, 0.25) is 11.9 Å². The van der Waals surface area contributed by atoms with Crippen LogP contribution >= 0.6 is 0 Å². The largest absolute Gasteiger partial charge is 0.339 e. The molecule has 0 radical (unpaired) electrons. The highest BCUT2D eigenvalue weighted by atomic mass is 16.2. The number of hydrogen-bond acceptors (Lipinski definition) is 6. The molecule has 1 saturated heterocycles. The molecule has 2 aromatic rings. The van der Waals surface area contributed by atoms with E-state index in [1.54, 1.807) is 47.1 Å². The first-order valence-corrected chi connectivity index (χ1v) is 9.12. The second-order valence-electron chi connectivity index (χ2n) is 6.78. The fraction of sp³-hybridized carbons (Fsp3) is 0.350. The SMILES string of the molecule is CC(=O)c1cccc(Nc2nc(C)cc(C(=O)N3CCN(C(C)=O)CC3)n2)c1. The van der Waals surface area contributed by atoms with Crippen LogP contribution in [0.25, 0.3) is 0 Å². The summed E-state index contributed by atoms with van der Waals surface area (Å²) in [6.45, 7) is 6.83. The van der Waals surface area contributed by atoms with Gasteiger partial charge in [0.15, 0.2) is 5.78 Å². The summed E-state index contributed by atoms with van der Waals surface area (Å²) in [7, 11) is 0. The zero-order valence-corrected chi connectivity index (χ0v) is 16.2. The molecule has 1 aromatic carbocycles. The third-order valence-corrected chi connectivity index (χ3v) is 4.61.